The van der Waals surface area contributed by atoms with E-state index in [1.54, 1.807) is 0 Å². The van der Waals surface area contributed by atoms with Gasteiger partial charge in [-0.1, -0.05) is 121 Å². The van der Waals surface area contributed by atoms with Crippen molar-refractivity contribution in [3.8, 4) is 22.5 Å². The predicted octanol–water partition coefficient (Wildman–Crippen LogP) is 13.8. The van der Waals surface area contributed by atoms with E-state index in [1.165, 1.54) is 71.6 Å². The van der Waals surface area contributed by atoms with Gasteiger partial charge in [0.2, 0.25) is 17.6 Å². The molecule has 0 saturated carbocycles. The Morgan fingerprint density at radius 2 is 0.770 bits per heavy atom. The number of benzene rings is 9. The molecule has 0 fully saturated rings. The van der Waals surface area contributed by atoms with Crippen molar-refractivity contribution in [3.63, 3.8) is 0 Å². The number of nitrogens with zero attached hydrogens (tertiary/aromatic N) is 4. The Hall–Kier alpha value is -8.08. The van der Waals surface area contributed by atoms with Crippen LogP contribution in [0.3, 0.4) is 0 Å². The van der Waals surface area contributed by atoms with Gasteiger partial charge in [-0.3, -0.25) is 0 Å². The number of hydrogen-bond donors (Lipinski definition) is 0. The van der Waals surface area contributed by atoms with Crippen molar-refractivity contribution >= 4 is 66.9 Å². The molecular weight excluding hydrogens is 741 g/mol. The Morgan fingerprint density at radius 1 is 0.328 bits per heavy atom. The van der Waals surface area contributed by atoms with Gasteiger partial charge in [0, 0.05) is 57.2 Å². The molecule has 1 aliphatic rings. The molecule has 2 aromatic heterocycles. The summed E-state index contributed by atoms with van der Waals surface area (Å²) in [5.74, 6) is 0. The van der Waals surface area contributed by atoms with Crippen molar-refractivity contribution in [1.29, 1.82) is 0 Å². The molecule has 1 atom stereocenters. The van der Waals surface area contributed by atoms with Gasteiger partial charge in [-0.15, -0.1) is 9.15 Å². The summed E-state index contributed by atoms with van der Waals surface area (Å²) in [6.07, 6.45) is 2.20. The van der Waals surface area contributed by atoms with E-state index in [-0.39, 0.29) is 6.17 Å². The van der Waals surface area contributed by atoms with Crippen LogP contribution in [0.2, 0.25) is 0 Å². The van der Waals surface area contributed by atoms with E-state index in [0.717, 1.165) is 22.8 Å². The maximum atomic E-state index is 2.47. The van der Waals surface area contributed by atoms with Crippen molar-refractivity contribution in [2.24, 2.45) is 0 Å². The SMILES string of the molecule is C1=[N+](c2ccccc2)C(c2ccc(-n3c4ccccc4c4cc(-c5ccc6c(c5)c5ccccc5n6-c5ccccc5)ccc43)cc2)[N+](c2ccccc2)=C1c1ccccc1. The Labute approximate surface area is 354 Å². The van der Waals surface area contributed by atoms with Crippen LogP contribution in [-0.2, 0) is 0 Å². The molecular formula is C57H40N4+2. The van der Waals surface area contributed by atoms with E-state index in [1.807, 2.05) is 0 Å². The highest BCUT2D eigenvalue weighted by Crippen LogP contribution is 2.40. The number of rotatable bonds is 7. The summed E-state index contributed by atoms with van der Waals surface area (Å²) < 4.78 is 9.67. The average Bonchev–Trinajstić information content (AvgIpc) is 4.01. The van der Waals surface area contributed by atoms with Crippen molar-refractivity contribution in [2.45, 2.75) is 6.17 Å². The van der Waals surface area contributed by atoms with Gasteiger partial charge in [-0.05, 0) is 96.1 Å². The first kappa shape index (κ1) is 34.9. The minimum absolute atomic E-state index is 0.103. The lowest BCUT2D eigenvalue weighted by molar-refractivity contribution is -0.702. The zero-order chi connectivity index (χ0) is 40.3. The molecule has 0 saturated heterocycles. The van der Waals surface area contributed by atoms with Gasteiger partial charge in [-0.25, -0.2) is 0 Å². The largest absolute Gasteiger partial charge is 0.381 e. The Kier molecular flexibility index (Phi) is 8.20. The van der Waals surface area contributed by atoms with E-state index in [0.29, 0.717) is 0 Å². The van der Waals surface area contributed by atoms with Crippen molar-refractivity contribution in [1.82, 2.24) is 9.13 Å². The van der Waals surface area contributed by atoms with Gasteiger partial charge in [0.15, 0.2) is 0 Å². The summed E-state index contributed by atoms with van der Waals surface area (Å²) in [5, 5.41) is 4.99. The molecule has 0 aliphatic carbocycles. The third-order valence-electron chi connectivity index (χ3n) is 12.3. The molecule has 1 unspecified atom stereocenters. The fraction of sp³-hybridized carbons (Fsp3) is 0.0175. The van der Waals surface area contributed by atoms with Gasteiger partial charge < -0.3 is 9.13 Å². The topological polar surface area (TPSA) is 15.9 Å². The fourth-order valence-corrected chi connectivity index (χ4v) is 9.57. The lowest BCUT2D eigenvalue weighted by Crippen LogP contribution is -2.21. The molecule has 12 rings (SSSR count). The number of hydrogen-bond acceptors (Lipinski definition) is 0. The number of para-hydroxylation sites is 5. The standard InChI is InChI=1S/C57H40N4/c1-5-17-40(18-6-1)56-39-58(44-19-7-2-8-20-44)57(61(56)46-23-11-4-12-24-46)41-29-33-47(34-30-41)60-53-28-16-14-26-49(53)51-38-43(32-36-55(51)60)42-31-35-54-50(37-42)48-25-13-15-27-52(48)59(54)45-21-9-3-10-22-45/h1-39,57H/q+2. The third-order valence-corrected chi connectivity index (χ3v) is 12.3. The Morgan fingerprint density at radius 3 is 1.33 bits per heavy atom. The van der Waals surface area contributed by atoms with E-state index >= 15 is 0 Å². The van der Waals surface area contributed by atoms with Gasteiger partial charge in [-0.2, -0.15) is 0 Å². The van der Waals surface area contributed by atoms with Crippen LogP contribution in [0.5, 0.6) is 0 Å². The molecule has 0 N–H and O–H groups in total. The fourth-order valence-electron chi connectivity index (χ4n) is 9.57. The molecule has 0 bridgehead atoms. The Bertz CT molecular complexity index is 3490. The highest BCUT2D eigenvalue weighted by Gasteiger charge is 2.46. The second-order valence-corrected chi connectivity index (χ2v) is 15.8. The normalized spacial score (nSPS) is 14.1. The Balaban J connectivity index is 0.976. The summed E-state index contributed by atoms with van der Waals surface area (Å²) in [6, 6.07) is 83.5. The summed E-state index contributed by atoms with van der Waals surface area (Å²) in [6.45, 7) is 0. The molecule has 0 amide bonds. The smallest absolute Gasteiger partial charge is 0.309 e. The van der Waals surface area contributed by atoms with Crippen LogP contribution in [0.15, 0.2) is 231 Å². The monoisotopic (exact) mass is 780 g/mol. The molecule has 61 heavy (non-hydrogen) atoms. The first-order chi connectivity index (χ1) is 30.3. The zero-order valence-electron chi connectivity index (χ0n) is 33.4. The summed E-state index contributed by atoms with van der Waals surface area (Å²) in [4.78, 5) is 0. The lowest BCUT2D eigenvalue weighted by atomic mass is 10.0. The quantitative estimate of drug-likeness (QED) is 0.143. The maximum Gasteiger partial charge on any atom is 0.381 e. The van der Waals surface area contributed by atoms with E-state index < -0.39 is 0 Å². The van der Waals surface area contributed by atoms with Gasteiger partial charge >= 0.3 is 6.17 Å². The average molecular weight is 781 g/mol. The molecule has 286 valence electrons. The third kappa shape index (κ3) is 5.76. The molecule has 1 aliphatic heterocycles. The number of fused-ring (bicyclic) bond motifs is 6. The van der Waals surface area contributed by atoms with E-state index in [9.17, 15) is 0 Å². The lowest BCUT2D eigenvalue weighted by Gasteiger charge is -2.13. The zero-order valence-corrected chi connectivity index (χ0v) is 33.4. The van der Waals surface area contributed by atoms with Gasteiger partial charge in [0.25, 0.3) is 5.71 Å². The minimum atomic E-state index is -0.103. The van der Waals surface area contributed by atoms with Gasteiger partial charge in [0.05, 0.1) is 33.2 Å². The van der Waals surface area contributed by atoms with E-state index in [2.05, 4.69) is 255 Å². The van der Waals surface area contributed by atoms with Crippen LogP contribution in [0.1, 0.15) is 17.3 Å². The molecule has 3 heterocycles. The van der Waals surface area contributed by atoms with Crippen LogP contribution in [-0.4, -0.2) is 30.2 Å². The molecule has 9 aromatic carbocycles. The molecule has 4 nitrogen and oxygen atoms in total. The molecule has 0 radical (unpaired) electrons. The molecule has 0 spiro atoms. The molecule has 11 aromatic rings. The molecule has 4 heteroatoms. The van der Waals surface area contributed by atoms with Crippen LogP contribution in [0, 0.1) is 0 Å². The summed E-state index contributed by atoms with van der Waals surface area (Å²) in [5.41, 5.74) is 15.3. The van der Waals surface area contributed by atoms with Crippen molar-refractivity contribution < 1.29 is 9.15 Å². The maximum absolute atomic E-state index is 2.47. The van der Waals surface area contributed by atoms with Gasteiger partial charge in [0.1, 0.15) is 0 Å². The van der Waals surface area contributed by atoms with Crippen molar-refractivity contribution in [2.75, 3.05) is 0 Å². The summed E-state index contributed by atoms with van der Waals surface area (Å²) in [7, 11) is 0. The second-order valence-electron chi connectivity index (χ2n) is 15.8. The van der Waals surface area contributed by atoms with Crippen LogP contribution in [0.4, 0.5) is 11.4 Å². The number of aromatic nitrogens is 2. The van der Waals surface area contributed by atoms with Crippen molar-refractivity contribution in [3.05, 3.63) is 242 Å². The highest BCUT2D eigenvalue weighted by atomic mass is 15.3. The minimum Gasteiger partial charge on any atom is -0.309 e. The van der Waals surface area contributed by atoms with Crippen LogP contribution >= 0.6 is 0 Å². The van der Waals surface area contributed by atoms with E-state index in [4.69, 9.17) is 0 Å². The highest BCUT2D eigenvalue weighted by molar-refractivity contribution is 6.35. The summed E-state index contributed by atoms with van der Waals surface area (Å²) >= 11 is 0. The first-order valence-corrected chi connectivity index (χ1v) is 21.0. The second kappa shape index (κ2) is 14.3. The van der Waals surface area contributed by atoms with Crippen LogP contribution < -0.4 is 0 Å². The predicted molar refractivity (Wildman–Crippen MR) is 253 cm³/mol. The van der Waals surface area contributed by atoms with Crippen LogP contribution in [0.25, 0.3) is 66.1 Å². The first-order valence-electron chi connectivity index (χ1n) is 21.0.